The summed E-state index contributed by atoms with van der Waals surface area (Å²) in [5.74, 6) is -0.279. The molecular weight excluding hydrogens is 274 g/mol. The first-order valence-corrected chi connectivity index (χ1v) is 6.66. The molecule has 1 rings (SSSR count). The molecule has 0 saturated carbocycles. The van der Waals surface area contributed by atoms with Crippen LogP contribution in [0.5, 0.6) is 0 Å². The molecule has 0 aliphatic carbocycles. The molecule has 1 aromatic heterocycles. The van der Waals surface area contributed by atoms with E-state index in [9.17, 15) is 14.4 Å². The summed E-state index contributed by atoms with van der Waals surface area (Å²) in [5.41, 5.74) is 4.98. The van der Waals surface area contributed by atoms with Gasteiger partial charge in [0.2, 0.25) is 5.91 Å². The number of carbonyl (C=O) groups excluding carboxylic acids is 3. The van der Waals surface area contributed by atoms with Crippen LogP contribution in [0.15, 0.2) is 10.5 Å². The number of hydrogen-bond acceptors (Lipinski definition) is 4. The van der Waals surface area contributed by atoms with E-state index >= 15 is 0 Å². The van der Waals surface area contributed by atoms with Gasteiger partial charge in [0, 0.05) is 6.92 Å². The van der Waals surface area contributed by atoms with E-state index in [0.717, 1.165) is 0 Å². The molecule has 7 nitrogen and oxygen atoms in total. The van der Waals surface area contributed by atoms with Crippen molar-refractivity contribution in [2.45, 2.75) is 40.7 Å². The van der Waals surface area contributed by atoms with Crippen LogP contribution < -0.4 is 16.2 Å². The molecule has 0 unspecified atom stereocenters. The Morgan fingerprint density at radius 2 is 1.76 bits per heavy atom. The zero-order valence-electron chi connectivity index (χ0n) is 12.9. The fourth-order valence-corrected chi connectivity index (χ4v) is 1.87. The topological polar surface area (TPSA) is 100 Å². The normalized spacial score (nSPS) is 11.9. The largest absolute Gasteiger partial charge is 0.466 e. The van der Waals surface area contributed by atoms with Crippen LogP contribution in [0.25, 0.3) is 0 Å². The molecule has 3 N–H and O–H groups in total. The highest BCUT2D eigenvalue weighted by Crippen LogP contribution is 2.12. The zero-order valence-corrected chi connectivity index (χ0v) is 12.9. The quantitative estimate of drug-likeness (QED) is 0.716. The fourth-order valence-electron chi connectivity index (χ4n) is 1.87. The van der Waals surface area contributed by atoms with Gasteiger partial charge in [-0.3, -0.25) is 25.2 Å². The number of carbonyl (C=O) groups is 3. The van der Waals surface area contributed by atoms with Crippen molar-refractivity contribution < 1.29 is 18.8 Å². The molecule has 0 aliphatic heterocycles. The maximum atomic E-state index is 12.0. The van der Waals surface area contributed by atoms with Gasteiger partial charge in [-0.25, -0.2) is 0 Å². The number of furan rings is 1. The Hall–Kier alpha value is -2.31. The second-order valence-corrected chi connectivity index (χ2v) is 5.19. The smallest absolute Gasteiger partial charge is 0.273 e. The van der Waals surface area contributed by atoms with E-state index in [-0.39, 0.29) is 11.8 Å². The molecule has 0 radical (unpaired) electrons. The lowest BCUT2D eigenvalue weighted by Gasteiger charge is -2.20. The minimum Gasteiger partial charge on any atom is -0.466 e. The summed E-state index contributed by atoms with van der Waals surface area (Å²) in [6.45, 7) is 8.32. The number of rotatable bonds is 4. The van der Waals surface area contributed by atoms with Crippen molar-refractivity contribution in [2.75, 3.05) is 0 Å². The lowest BCUT2D eigenvalue weighted by molar-refractivity contribution is -0.129. The molecule has 1 heterocycles. The molecule has 0 saturated heterocycles. The van der Waals surface area contributed by atoms with Crippen LogP contribution in [-0.4, -0.2) is 23.8 Å². The molecule has 116 valence electrons. The van der Waals surface area contributed by atoms with Gasteiger partial charge < -0.3 is 9.73 Å². The van der Waals surface area contributed by atoms with E-state index in [4.69, 9.17) is 4.42 Å². The lowest BCUT2D eigenvalue weighted by atomic mass is 10.0. The number of hydrazine groups is 1. The Labute approximate surface area is 123 Å². The molecule has 0 aliphatic rings. The molecule has 0 fully saturated rings. The molecule has 0 bridgehead atoms. The average molecular weight is 295 g/mol. The van der Waals surface area contributed by atoms with Gasteiger partial charge in [-0.05, 0) is 25.8 Å². The van der Waals surface area contributed by atoms with Crippen molar-refractivity contribution in [2.24, 2.45) is 5.92 Å². The summed E-state index contributed by atoms with van der Waals surface area (Å²) < 4.78 is 5.25. The Morgan fingerprint density at radius 3 is 2.19 bits per heavy atom. The van der Waals surface area contributed by atoms with Crippen LogP contribution in [0.4, 0.5) is 0 Å². The van der Waals surface area contributed by atoms with E-state index in [1.165, 1.54) is 6.92 Å². The summed E-state index contributed by atoms with van der Waals surface area (Å²) in [5, 5.41) is 2.54. The van der Waals surface area contributed by atoms with Gasteiger partial charge in [-0.15, -0.1) is 0 Å². The monoisotopic (exact) mass is 295 g/mol. The number of hydrogen-bond donors (Lipinski definition) is 3. The lowest BCUT2D eigenvalue weighted by Crippen LogP contribution is -2.54. The Bertz CT molecular complexity index is 548. The van der Waals surface area contributed by atoms with Crippen molar-refractivity contribution in [3.05, 3.63) is 23.2 Å². The summed E-state index contributed by atoms with van der Waals surface area (Å²) >= 11 is 0. The van der Waals surface area contributed by atoms with Gasteiger partial charge in [0.1, 0.15) is 17.6 Å². The third-order valence-corrected chi connectivity index (χ3v) is 2.89. The number of nitrogens with one attached hydrogen (secondary N) is 3. The van der Waals surface area contributed by atoms with Gasteiger partial charge in [0.15, 0.2) is 0 Å². The second kappa shape index (κ2) is 6.92. The van der Waals surface area contributed by atoms with Crippen molar-refractivity contribution in [1.29, 1.82) is 0 Å². The molecule has 1 aromatic rings. The summed E-state index contributed by atoms with van der Waals surface area (Å²) in [4.78, 5) is 35.0. The number of amides is 3. The van der Waals surface area contributed by atoms with Crippen molar-refractivity contribution >= 4 is 17.7 Å². The molecular formula is C14H21N3O4. The molecule has 21 heavy (non-hydrogen) atoms. The molecule has 7 heteroatoms. The van der Waals surface area contributed by atoms with Crippen molar-refractivity contribution in [3.8, 4) is 0 Å². The van der Waals surface area contributed by atoms with E-state index in [2.05, 4.69) is 16.2 Å². The minimum absolute atomic E-state index is 0.108. The van der Waals surface area contributed by atoms with E-state index in [0.29, 0.717) is 17.1 Å². The SMILES string of the molecule is CC(=O)N[C@@H](C(=O)NNC(=O)c1cc(C)oc1C)C(C)C. The van der Waals surface area contributed by atoms with E-state index in [1.807, 2.05) is 0 Å². The third kappa shape index (κ3) is 4.62. The first-order valence-electron chi connectivity index (χ1n) is 6.66. The van der Waals surface area contributed by atoms with Crippen molar-refractivity contribution in [3.63, 3.8) is 0 Å². The van der Waals surface area contributed by atoms with E-state index < -0.39 is 17.9 Å². The first kappa shape index (κ1) is 16.7. The minimum atomic E-state index is -0.713. The second-order valence-electron chi connectivity index (χ2n) is 5.19. The average Bonchev–Trinajstić information content (AvgIpc) is 2.71. The molecule has 0 spiro atoms. The van der Waals surface area contributed by atoms with E-state index in [1.54, 1.807) is 33.8 Å². The predicted molar refractivity (Wildman–Crippen MR) is 76.2 cm³/mol. The summed E-state index contributed by atoms with van der Waals surface area (Å²) in [7, 11) is 0. The highest BCUT2D eigenvalue weighted by atomic mass is 16.3. The van der Waals surface area contributed by atoms with Crippen LogP contribution in [0, 0.1) is 19.8 Å². The molecule has 1 atom stereocenters. The van der Waals surface area contributed by atoms with Gasteiger partial charge >= 0.3 is 0 Å². The maximum Gasteiger partial charge on any atom is 0.273 e. The van der Waals surface area contributed by atoms with Crippen LogP contribution in [-0.2, 0) is 9.59 Å². The van der Waals surface area contributed by atoms with Crippen molar-refractivity contribution in [1.82, 2.24) is 16.2 Å². The standard InChI is InChI=1S/C14H21N3O4/c1-7(2)12(15-10(5)18)14(20)17-16-13(19)11-6-8(3)21-9(11)4/h6-7,12H,1-5H3,(H,15,18)(H,16,19)(H,17,20)/t12-/m1/s1. The summed E-state index contributed by atoms with van der Waals surface area (Å²) in [6, 6.07) is 0.875. The van der Waals surface area contributed by atoms with Gasteiger partial charge in [0.25, 0.3) is 11.8 Å². The fraction of sp³-hybridized carbons (Fsp3) is 0.500. The summed E-state index contributed by atoms with van der Waals surface area (Å²) in [6.07, 6.45) is 0. The Morgan fingerprint density at radius 1 is 1.14 bits per heavy atom. The Balaban J connectivity index is 2.64. The van der Waals surface area contributed by atoms with Gasteiger partial charge in [-0.2, -0.15) is 0 Å². The van der Waals surface area contributed by atoms with Crippen LogP contribution >= 0.6 is 0 Å². The predicted octanol–water partition coefficient (Wildman–Crippen LogP) is 0.818. The number of aryl methyl sites for hydroxylation is 2. The highest BCUT2D eigenvalue weighted by Gasteiger charge is 2.23. The molecule has 3 amide bonds. The molecule has 0 aromatic carbocycles. The Kier molecular flexibility index (Phi) is 5.52. The highest BCUT2D eigenvalue weighted by molar-refractivity contribution is 5.97. The van der Waals surface area contributed by atoms with Crippen LogP contribution in [0.2, 0.25) is 0 Å². The van der Waals surface area contributed by atoms with Crippen LogP contribution in [0.3, 0.4) is 0 Å². The van der Waals surface area contributed by atoms with Gasteiger partial charge in [-0.1, -0.05) is 13.8 Å². The maximum absolute atomic E-state index is 12.0. The third-order valence-electron chi connectivity index (χ3n) is 2.89. The first-order chi connectivity index (χ1) is 9.72. The zero-order chi connectivity index (χ0) is 16.2. The van der Waals surface area contributed by atoms with Gasteiger partial charge in [0.05, 0.1) is 5.56 Å². The van der Waals surface area contributed by atoms with Crippen LogP contribution in [0.1, 0.15) is 42.6 Å².